The van der Waals surface area contributed by atoms with Gasteiger partial charge >= 0.3 is 5.97 Å². The number of carboxylic acid groups (broad SMARTS) is 1. The molecule has 0 aliphatic rings. The molecule has 3 unspecified atom stereocenters. The van der Waals surface area contributed by atoms with Gasteiger partial charge in [0, 0.05) is 24.1 Å². The Balaban J connectivity index is 2.84. The summed E-state index contributed by atoms with van der Waals surface area (Å²) in [5.41, 5.74) is 11.1. The lowest BCUT2D eigenvalue weighted by Gasteiger charge is -2.21. The summed E-state index contributed by atoms with van der Waals surface area (Å²) in [6, 6.07) is -3.58. The number of H-pyrrole nitrogens is 1. The Kier molecular flexibility index (Phi) is 7.88. The smallest absolute Gasteiger partial charge is 0.327 e. The SMILES string of the molecule is NC(=O)CC(N)C(=O)NC(Cc1cnc[nH]1)C(=O)NC(CS)C(=O)O. The Bertz CT molecular complexity index is 622. The molecule has 1 aromatic heterocycles. The van der Waals surface area contributed by atoms with Gasteiger partial charge in [-0.3, -0.25) is 14.4 Å². The van der Waals surface area contributed by atoms with Crippen LogP contribution in [0.15, 0.2) is 12.5 Å². The number of hydrogen-bond acceptors (Lipinski definition) is 7. The van der Waals surface area contributed by atoms with Crippen LogP contribution in [0.1, 0.15) is 12.1 Å². The summed E-state index contributed by atoms with van der Waals surface area (Å²) in [6.07, 6.45) is 2.46. The molecule has 0 aliphatic heterocycles. The normalized spacial score (nSPS) is 14.2. The van der Waals surface area contributed by atoms with Gasteiger partial charge in [0.15, 0.2) is 0 Å². The van der Waals surface area contributed by atoms with E-state index in [2.05, 4.69) is 33.2 Å². The molecule has 0 spiro atoms. The Morgan fingerprint density at radius 2 is 1.88 bits per heavy atom. The van der Waals surface area contributed by atoms with Gasteiger partial charge in [-0.15, -0.1) is 0 Å². The second kappa shape index (κ2) is 9.64. The van der Waals surface area contributed by atoms with Crippen molar-refractivity contribution in [2.45, 2.75) is 31.0 Å². The van der Waals surface area contributed by atoms with E-state index in [4.69, 9.17) is 16.6 Å². The first-order valence-electron chi connectivity index (χ1n) is 7.20. The van der Waals surface area contributed by atoms with Crippen molar-refractivity contribution in [3.8, 4) is 0 Å². The number of aromatic amines is 1. The molecule has 0 bridgehead atoms. The summed E-state index contributed by atoms with van der Waals surface area (Å²) >= 11 is 3.86. The van der Waals surface area contributed by atoms with E-state index in [0.29, 0.717) is 5.69 Å². The van der Waals surface area contributed by atoms with E-state index in [-0.39, 0.29) is 12.2 Å². The molecule has 12 heteroatoms. The molecular weight excluding hydrogens is 352 g/mol. The van der Waals surface area contributed by atoms with E-state index in [0.717, 1.165) is 0 Å². The maximum Gasteiger partial charge on any atom is 0.327 e. The topological polar surface area (TPSA) is 193 Å². The molecule has 0 aromatic carbocycles. The second-order valence-electron chi connectivity index (χ2n) is 5.20. The number of aromatic nitrogens is 2. The second-order valence-corrected chi connectivity index (χ2v) is 5.57. The molecule has 0 saturated heterocycles. The van der Waals surface area contributed by atoms with Gasteiger partial charge in [0.2, 0.25) is 17.7 Å². The Morgan fingerprint density at radius 1 is 1.24 bits per heavy atom. The van der Waals surface area contributed by atoms with Crippen LogP contribution in [0.25, 0.3) is 0 Å². The fraction of sp³-hybridized carbons (Fsp3) is 0.462. The quantitative estimate of drug-likeness (QED) is 0.215. The summed E-state index contributed by atoms with van der Waals surface area (Å²) in [5.74, 6) is -3.67. The predicted molar refractivity (Wildman–Crippen MR) is 89.4 cm³/mol. The van der Waals surface area contributed by atoms with Gasteiger partial charge in [-0.25, -0.2) is 9.78 Å². The molecule has 138 valence electrons. The number of carbonyl (C=O) groups excluding carboxylic acids is 3. The van der Waals surface area contributed by atoms with Crippen molar-refractivity contribution in [3.63, 3.8) is 0 Å². The van der Waals surface area contributed by atoms with Gasteiger partial charge in [-0.05, 0) is 0 Å². The maximum absolute atomic E-state index is 12.3. The van der Waals surface area contributed by atoms with E-state index in [9.17, 15) is 19.2 Å². The van der Waals surface area contributed by atoms with Crippen LogP contribution >= 0.6 is 12.6 Å². The highest BCUT2D eigenvalue weighted by molar-refractivity contribution is 7.80. The van der Waals surface area contributed by atoms with Crippen molar-refractivity contribution in [1.82, 2.24) is 20.6 Å². The average molecular weight is 372 g/mol. The summed E-state index contributed by atoms with van der Waals surface area (Å²) in [4.78, 5) is 52.8. The zero-order chi connectivity index (χ0) is 19.0. The molecule has 1 aromatic rings. The van der Waals surface area contributed by atoms with Crippen LogP contribution in [0, 0.1) is 0 Å². The predicted octanol–water partition coefficient (Wildman–Crippen LogP) is -2.86. The first-order chi connectivity index (χ1) is 11.7. The van der Waals surface area contributed by atoms with E-state index >= 15 is 0 Å². The number of imidazole rings is 1. The van der Waals surface area contributed by atoms with Crippen molar-refractivity contribution in [2.24, 2.45) is 11.5 Å². The van der Waals surface area contributed by atoms with Gasteiger partial charge in [0.25, 0.3) is 0 Å². The summed E-state index contributed by atoms with van der Waals surface area (Å²) in [5, 5.41) is 13.6. The minimum Gasteiger partial charge on any atom is -0.480 e. The molecule has 1 heterocycles. The van der Waals surface area contributed by atoms with Crippen LogP contribution in [0.2, 0.25) is 0 Å². The van der Waals surface area contributed by atoms with E-state index in [1.807, 2.05) is 0 Å². The number of nitrogens with zero attached hydrogens (tertiary/aromatic N) is 1. The van der Waals surface area contributed by atoms with Gasteiger partial charge < -0.3 is 32.2 Å². The number of carbonyl (C=O) groups is 4. The van der Waals surface area contributed by atoms with Crippen molar-refractivity contribution >= 4 is 36.3 Å². The number of carboxylic acids is 1. The fourth-order valence-electron chi connectivity index (χ4n) is 1.87. The molecule has 0 fully saturated rings. The van der Waals surface area contributed by atoms with E-state index in [1.54, 1.807) is 0 Å². The highest BCUT2D eigenvalue weighted by Gasteiger charge is 2.28. The third-order valence-corrected chi connectivity index (χ3v) is 3.53. The zero-order valence-corrected chi connectivity index (χ0v) is 14.0. The summed E-state index contributed by atoms with van der Waals surface area (Å²) in [7, 11) is 0. The monoisotopic (exact) mass is 372 g/mol. The van der Waals surface area contributed by atoms with Gasteiger partial charge in [-0.1, -0.05) is 0 Å². The Morgan fingerprint density at radius 3 is 2.36 bits per heavy atom. The molecule has 25 heavy (non-hydrogen) atoms. The number of thiol groups is 1. The lowest BCUT2D eigenvalue weighted by atomic mass is 10.1. The number of amides is 3. The van der Waals surface area contributed by atoms with E-state index in [1.165, 1.54) is 12.5 Å². The van der Waals surface area contributed by atoms with E-state index < -0.39 is 48.2 Å². The number of primary amides is 1. The van der Waals surface area contributed by atoms with Crippen LogP contribution in [0.5, 0.6) is 0 Å². The number of rotatable bonds is 10. The van der Waals surface area contributed by atoms with Crippen molar-refractivity contribution < 1.29 is 24.3 Å². The highest BCUT2D eigenvalue weighted by atomic mass is 32.1. The van der Waals surface area contributed by atoms with Crippen LogP contribution in [0.3, 0.4) is 0 Å². The Hall–Kier alpha value is -2.60. The minimum absolute atomic E-state index is 0.0137. The maximum atomic E-state index is 12.3. The van der Waals surface area contributed by atoms with Crippen LogP contribution in [0.4, 0.5) is 0 Å². The molecule has 8 N–H and O–H groups in total. The molecule has 0 radical (unpaired) electrons. The molecule has 11 nitrogen and oxygen atoms in total. The van der Waals surface area contributed by atoms with Crippen molar-refractivity contribution in [3.05, 3.63) is 18.2 Å². The average Bonchev–Trinajstić information content (AvgIpc) is 3.03. The Labute approximate surface area is 148 Å². The first kappa shape index (κ1) is 20.4. The molecule has 3 amide bonds. The number of nitrogens with one attached hydrogen (secondary N) is 3. The van der Waals surface area contributed by atoms with Crippen molar-refractivity contribution in [1.29, 1.82) is 0 Å². The van der Waals surface area contributed by atoms with Crippen LogP contribution < -0.4 is 22.1 Å². The summed E-state index contributed by atoms with van der Waals surface area (Å²) < 4.78 is 0. The molecule has 0 aliphatic carbocycles. The fourth-order valence-corrected chi connectivity index (χ4v) is 2.12. The third-order valence-electron chi connectivity index (χ3n) is 3.17. The zero-order valence-electron chi connectivity index (χ0n) is 13.1. The molecule has 1 rings (SSSR count). The van der Waals surface area contributed by atoms with Crippen LogP contribution in [-0.4, -0.2) is 62.6 Å². The summed E-state index contributed by atoms with van der Waals surface area (Å²) in [6.45, 7) is 0. The molecule has 0 saturated carbocycles. The van der Waals surface area contributed by atoms with Gasteiger partial charge in [-0.2, -0.15) is 12.6 Å². The minimum atomic E-state index is -1.26. The molecular formula is C13H20N6O5S. The van der Waals surface area contributed by atoms with Crippen LogP contribution in [-0.2, 0) is 25.6 Å². The largest absolute Gasteiger partial charge is 0.480 e. The highest BCUT2D eigenvalue weighted by Crippen LogP contribution is 2.02. The van der Waals surface area contributed by atoms with Gasteiger partial charge in [0.1, 0.15) is 12.1 Å². The number of aliphatic carboxylic acids is 1. The lowest BCUT2D eigenvalue weighted by Crippen LogP contribution is -2.56. The van der Waals surface area contributed by atoms with Gasteiger partial charge in [0.05, 0.1) is 18.8 Å². The standard InChI is InChI=1S/C13H20N6O5S/c14-7(2-10(15)20)11(21)18-8(1-6-3-16-5-17-6)12(22)19-9(4-25)13(23)24/h3,5,7-9,25H,1-2,4,14H2,(H2,15,20)(H,16,17)(H,18,21)(H,19,22)(H,23,24). The first-order valence-corrected chi connectivity index (χ1v) is 7.83. The number of hydrogen-bond donors (Lipinski definition) is 7. The third kappa shape index (κ3) is 6.81. The number of nitrogens with two attached hydrogens (primary N) is 2. The van der Waals surface area contributed by atoms with Crippen molar-refractivity contribution in [2.75, 3.05) is 5.75 Å². The molecule has 3 atom stereocenters. The lowest BCUT2D eigenvalue weighted by molar-refractivity contribution is -0.141.